The first-order valence-electron chi connectivity index (χ1n) is 4.57. The Morgan fingerprint density at radius 2 is 1.79 bits per heavy atom. The van der Waals surface area contributed by atoms with Crippen molar-refractivity contribution in [2.45, 2.75) is 42.3 Å². The molecule has 1 aliphatic rings. The van der Waals surface area contributed by atoms with Crippen LogP contribution >= 0.6 is 46.4 Å². The highest BCUT2D eigenvalue weighted by atomic mass is 35.5. The Kier molecular flexibility index (Phi) is 4.09. The molecule has 4 atom stereocenters. The third kappa shape index (κ3) is 2.52. The molecule has 1 saturated carbocycles. The van der Waals surface area contributed by atoms with Crippen LogP contribution in [0, 0.1) is 5.41 Å². The van der Waals surface area contributed by atoms with E-state index in [4.69, 9.17) is 46.4 Å². The summed E-state index contributed by atoms with van der Waals surface area (Å²) >= 11 is 24.4. The molecule has 0 radical (unpaired) electrons. The molecule has 1 fully saturated rings. The number of allylic oxidation sites excluding steroid dienone is 1. The number of hydrogen-bond donors (Lipinski definition) is 0. The minimum atomic E-state index is -0.405. The molecule has 4 heteroatoms. The Morgan fingerprint density at radius 1 is 1.21 bits per heavy atom. The first kappa shape index (κ1) is 13.0. The van der Waals surface area contributed by atoms with Gasteiger partial charge in [0.25, 0.3) is 0 Å². The van der Waals surface area contributed by atoms with Gasteiger partial charge in [-0.15, -0.1) is 34.8 Å². The minimum absolute atomic E-state index is 0.00757. The third-order valence-electron chi connectivity index (χ3n) is 2.95. The van der Waals surface area contributed by atoms with Gasteiger partial charge >= 0.3 is 0 Å². The van der Waals surface area contributed by atoms with E-state index < -0.39 is 4.87 Å². The van der Waals surface area contributed by atoms with Crippen LogP contribution in [0.25, 0.3) is 0 Å². The molecule has 0 aromatic rings. The number of rotatable bonds is 1. The highest BCUT2D eigenvalue weighted by molar-refractivity contribution is 6.33. The minimum Gasteiger partial charge on any atom is -0.122 e. The molecule has 14 heavy (non-hydrogen) atoms. The molecule has 0 nitrogen and oxygen atoms in total. The van der Waals surface area contributed by atoms with Gasteiger partial charge in [-0.25, -0.2) is 0 Å². The van der Waals surface area contributed by atoms with Gasteiger partial charge in [0.1, 0.15) is 0 Å². The SMILES string of the molecule is C[C@]1(Cl)C[C@](C)(/C=C/Cl)[C@H](Cl)C[C@H]1Cl. The van der Waals surface area contributed by atoms with Crippen LogP contribution in [-0.2, 0) is 0 Å². The van der Waals surface area contributed by atoms with Crippen molar-refractivity contribution < 1.29 is 0 Å². The molecule has 1 aliphatic carbocycles. The van der Waals surface area contributed by atoms with E-state index in [1.807, 2.05) is 13.0 Å². The summed E-state index contributed by atoms with van der Waals surface area (Å²) in [6, 6.07) is 0. The summed E-state index contributed by atoms with van der Waals surface area (Å²) < 4.78 is 0. The highest BCUT2D eigenvalue weighted by Crippen LogP contribution is 2.49. The van der Waals surface area contributed by atoms with Crippen LogP contribution in [-0.4, -0.2) is 15.6 Å². The lowest BCUT2D eigenvalue weighted by atomic mass is 9.70. The molecule has 0 aromatic heterocycles. The van der Waals surface area contributed by atoms with Crippen LogP contribution in [0.5, 0.6) is 0 Å². The van der Waals surface area contributed by atoms with Crippen LogP contribution in [0.2, 0.25) is 0 Å². The van der Waals surface area contributed by atoms with Crippen molar-refractivity contribution in [3.8, 4) is 0 Å². The fourth-order valence-electron chi connectivity index (χ4n) is 1.97. The molecule has 0 unspecified atom stereocenters. The summed E-state index contributed by atoms with van der Waals surface area (Å²) in [5.74, 6) is 0. The van der Waals surface area contributed by atoms with Gasteiger partial charge < -0.3 is 0 Å². The lowest BCUT2D eigenvalue weighted by molar-refractivity contribution is 0.253. The monoisotopic (exact) mass is 274 g/mol. The molecule has 0 aliphatic heterocycles. The van der Waals surface area contributed by atoms with Crippen LogP contribution < -0.4 is 0 Å². The highest BCUT2D eigenvalue weighted by Gasteiger charge is 2.47. The van der Waals surface area contributed by atoms with Gasteiger partial charge in [0, 0.05) is 16.3 Å². The fourth-order valence-corrected chi connectivity index (χ4v) is 3.31. The maximum absolute atomic E-state index is 6.34. The van der Waals surface area contributed by atoms with E-state index in [0.717, 1.165) is 6.42 Å². The van der Waals surface area contributed by atoms with Gasteiger partial charge in [0.15, 0.2) is 0 Å². The average Bonchev–Trinajstić information content (AvgIpc) is 2.01. The fraction of sp³-hybridized carbons (Fsp3) is 0.800. The molecule has 0 heterocycles. The number of halogens is 4. The summed E-state index contributed by atoms with van der Waals surface area (Å²) in [4.78, 5) is -0.405. The Balaban J connectivity index is 2.89. The second-order valence-corrected chi connectivity index (χ2v) is 6.59. The second kappa shape index (κ2) is 4.41. The molecule has 0 aromatic carbocycles. The van der Waals surface area contributed by atoms with Crippen LogP contribution in [0.3, 0.4) is 0 Å². The Labute approximate surface area is 106 Å². The summed E-state index contributed by atoms with van der Waals surface area (Å²) in [7, 11) is 0. The van der Waals surface area contributed by atoms with Crippen molar-refractivity contribution in [3.63, 3.8) is 0 Å². The van der Waals surface area contributed by atoms with Gasteiger partial charge in [-0.1, -0.05) is 24.6 Å². The zero-order chi connectivity index (χ0) is 11.0. The van der Waals surface area contributed by atoms with Gasteiger partial charge in [-0.3, -0.25) is 0 Å². The molecule has 0 bridgehead atoms. The van der Waals surface area contributed by atoms with Crippen molar-refractivity contribution in [1.29, 1.82) is 0 Å². The van der Waals surface area contributed by atoms with E-state index >= 15 is 0 Å². The molecule has 0 amide bonds. The van der Waals surface area contributed by atoms with E-state index in [2.05, 4.69) is 6.92 Å². The van der Waals surface area contributed by atoms with Gasteiger partial charge in [-0.05, 0) is 19.8 Å². The largest absolute Gasteiger partial charge is 0.122 e. The molecule has 0 saturated heterocycles. The smallest absolute Gasteiger partial charge is 0.0591 e. The average molecular weight is 276 g/mol. The summed E-state index contributed by atoms with van der Waals surface area (Å²) in [6.07, 6.45) is 3.36. The van der Waals surface area contributed by atoms with Crippen LogP contribution in [0.15, 0.2) is 11.6 Å². The molecular weight excluding hydrogens is 262 g/mol. The number of alkyl halides is 3. The molecule has 1 rings (SSSR count). The maximum atomic E-state index is 6.34. The second-order valence-electron chi connectivity index (χ2n) is 4.42. The molecular formula is C10H14Cl4. The zero-order valence-electron chi connectivity index (χ0n) is 8.24. The van der Waals surface area contributed by atoms with Crippen molar-refractivity contribution in [1.82, 2.24) is 0 Å². The van der Waals surface area contributed by atoms with Crippen molar-refractivity contribution in [2.75, 3.05) is 0 Å². The molecule has 0 spiro atoms. The van der Waals surface area contributed by atoms with Gasteiger partial charge in [0.05, 0.1) is 10.3 Å². The van der Waals surface area contributed by atoms with E-state index in [1.54, 1.807) is 0 Å². The Bertz CT molecular complexity index is 236. The van der Waals surface area contributed by atoms with Crippen molar-refractivity contribution in [3.05, 3.63) is 11.6 Å². The van der Waals surface area contributed by atoms with E-state index in [0.29, 0.717) is 6.42 Å². The van der Waals surface area contributed by atoms with Gasteiger partial charge in [-0.2, -0.15) is 0 Å². The van der Waals surface area contributed by atoms with E-state index in [-0.39, 0.29) is 16.2 Å². The first-order chi connectivity index (χ1) is 6.32. The Morgan fingerprint density at radius 3 is 2.29 bits per heavy atom. The lowest BCUT2D eigenvalue weighted by Gasteiger charge is -2.45. The predicted octanol–water partition coefficient (Wildman–Crippen LogP) is 4.75. The first-order valence-corrected chi connectivity index (χ1v) is 6.25. The summed E-state index contributed by atoms with van der Waals surface area (Å²) in [5.41, 5.74) is 1.35. The van der Waals surface area contributed by atoms with Gasteiger partial charge in [0.2, 0.25) is 0 Å². The summed E-state index contributed by atoms with van der Waals surface area (Å²) in [6.45, 7) is 4.02. The van der Waals surface area contributed by atoms with E-state index in [1.165, 1.54) is 5.54 Å². The summed E-state index contributed by atoms with van der Waals surface area (Å²) in [5, 5.41) is -0.0877. The van der Waals surface area contributed by atoms with Crippen molar-refractivity contribution in [2.24, 2.45) is 5.41 Å². The quantitative estimate of drug-likeness (QED) is 0.606. The van der Waals surface area contributed by atoms with Crippen LogP contribution in [0.4, 0.5) is 0 Å². The topological polar surface area (TPSA) is 0 Å². The zero-order valence-corrected chi connectivity index (χ0v) is 11.3. The predicted molar refractivity (Wildman–Crippen MR) is 65.9 cm³/mol. The van der Waals surface area contributed by atoms with Crippen molar-refractivity contribution >= 4 is 46.4 Å². The standard InChI is InChI=1S/C10H14Cl4/c1-9(3-4-11)6-10(2,14)8(13)5-7(9)12/h3-4,7-8H,5-6H2,1-2H3/b4-3+/t7-,8-,9+,10+/m1/s1. The van der Waals surface area contributed by atoms with Crippen LogP contribution in [0.1, 0.15) is 26.7 Å². The number of hydrogen-bond acceptors (Lipinski definition) is 0. The Hall–Kier alpha value is 0.900. The third-order valence-corrected chi connectivity index (χ3v) is 4.92. The lowest BCUT2D eigenvalue weighted by Crippen LogP contribution is -2.47. The normalized spacial score (nSPS) is 49.9. The maximum Gasteiger partial charge on any atom is 0.0591 e. The molecule has 82 valence electrons. The van der Waals surface area contributed by atoms with E-state index in [9.17, 15) is 0 Å². The molecule has 0 N–H and O–H groups in total.